The second-order valence-corrected chi connectivity index (χ2v) is 4.32. The van der Waals surface area contributed by atoms with E-state index in [4.69, 9.17) is 9.79 Å². The lowest BCUT2D eigenvalue weighted by molar-refractivity contribution is -0.124. The standard InChI is InChI=1S/C6H14NO4P/c1-3-5(2)6(8)7-4-12(9,10)11/h5H,3-4H2,1-2H3,(H,7,8)(H2,9,10,11). The molecular weight excluding hydrogens is 181 g/mol. The summed E-state index contributed by atoms with van der Waals surface area (Å²) in [6.07, 6.45) is 0.0865. The van der Waals surface area contributed by atoms with Crippen LogP contribution in [0.5, 0.6) is 0 Å². The van der Waals surface area contributed by atoms with Crippen LogP contribution in [0.4, 0.5) is 0 Å². The van der Waals surface area contributed by atoms with E-state index in [1.807, 2.05) is 6.92 Å². The number of amides is 1. The highest BCUT2D eigenvalue weighted by Crippen LogP contribution is 2.32. The quantitative estimate of drug-likeness (QED) is 0.562. The molecule has 0 bridgehead atoms. The highest BCUT2D eigenvalue weighted by atomic mass is 31.2. The molecule has 0 saturated heterocycles. The molecule has 0 aromatic rings. The summed E-state index contributed by atoms with van der Waals surface area (Å²) in [5.41, 5.74) is 0. The van der Waals surface area contributed by atoms with Crippen molar-refractivity contribution in [2.45, 2.75) is 20.3 Å². The van der Waals surface area contributed by atoms with Gasteiger partial charge in [-0.2, -0.15) is 0 Å². The number of carbonyl (C=O) groups is 1. The Morgan fingerprint density at radius 1 is 1.58 bits per heavy atom. The van der Waals surface area contributed by atoms with Gasteiger partial charge in [-0.3, -0.25) is 9.36 Å². The zero-order chi connectivity index (χ0) is 9.78. The van der Waals surface area contributed by atoms with E-state index in [0.717, 1.165) is 0 Å². The number of rotatable bonds is 4. The Hall–Kier alpha value is -0.380. The lowest BCUT2D eigenvalue weighted by atomic mass is 10.1. The Morgan fingerprint density at radius 3 is 2.42 bits per heavy atom. The van der Waals surface area contributed by atoms with Gasteiger partial charge in [-0.15, -0.1) is 0 Å². The van der Waals surface area contributed by atoms with E-state index < -0.39 is 13.9 Å². The van der Waals surface area contributed by atoms with Gasteiger partial charge in [-0.1, -0.05) is 13.8 Å². The van der Waals surface area contributed by atoms with Gasteiger partial charge in [0.05, 0.1) is 0 Å². The second kappa shape index (κ2) is 4.60. The van der Waals surface area contributed by atoms with E-state index in [9.17, 15) is 9.36 Å². The molecular formula is C6H14NO4P. The van der Waals surface area contributed by atoms with Crippen LogP contribution in [0.25, 0.3) is 0 Å². The van der Waals surface area contributed by atoms with Crippen molar-refractivity contribution in [3.8, 4) is 0 Å². The normalized spacial score (nSPS) is 14.0. The molecule has 0 heterocycles. The van der Waals surface area contributed by atoms with Gasteiger partial charge in [-0.25, -0.2) is 0 Å². The van der Waals surface area contributed by atoms with E-state index in [2.05, 4.69) is 5.32 Å². The summed E-state index contributed by atoms with van der Waals surface area (Å²) in [6.45, 7) is 3.54. The molecule has 72 valence electrons. The summed E-state index contributed by atoms with van der Waals surface area (Å²) >= 11 is 0. The monoisotopic (exact) mass is 195 g/mol. The highest BCUT2D eigenvalue weighted by molar-refractivity contribution is 7.51. The Labute approximate surface area is 71.3 Å². The van der Waals surface area contributed by atoms with Crippen molar-refractivity contribution in [3.05, 3.63) is 0 Å². The van der Waals surface area contributed by atoms with Crippen molar-refractivity contribution in [2.24, 2.45) is 5.92 Å². The van der Waals surface area contributed by atoms with Crippen LogP contribution in [-0.2, 0) is 9.36 Å². The minimum absolute atomic E-state index is 0.198. The van der Waals surface area contributed by atoms with Crippen LogP contribution in [-0.4, -0.2) is 22.0 Å². The zero-order valence-electron chi connectivity index (χ0n) is 7.15. The van der Waals surface area contributed by atoms with Crippen LogP contribution in [0, 0.1) is 5.92 Å². The third-order valence-corrected chi connectivity index (χ3v) is 2.09. The lowest BCUT2D eigenvalue weighted by Gasteiger charge is -2.10. The average molecular weight is 195 g/mol. The van der Waals surface area contributed by atoms with Crippen molar-refractivity contribution in [2.75, 3.05) is 6.29 Å². The molecule has 0 aromatic heterocycles. The predicted octanol–water partition coefficient (Wildman–Crippen LogP) is 0.284. The van der Waals surface area contributed by atoms with Crippen molar-refractivity contribution < 1.29 is 19.1 Å². The lowest BCUT2D eigenvalue weighted by Crippen LogP contribution is -2.29. The summed E-state index contributed by atoms with van der Waals surface area (Å²) in [5.74, 6) is -0.516. The summed E-state index contributed by atoms with van der Waals surface area (Å²) < 4.78 is 10.3. The first kappa shape index (κ1) is 11.6. The molecule has 0 fully saturated rings. The second-order valence-electron chi connectivity index (χ2n) is 2.67. The molecule has 1 amide bonds. The molecule has 5 nitrogen and oxygen atoms in total. The van der Waals surface area contributed by atoms with Gasteiger partial charge in [0.2, 0.25) is 5.91 Å². The maximum absolute atomic E-state index is 11.0. The SMILES string of the molecule is CCC(C)C(=O)NCP(=O)(O)O. The topological polar surface area (TPSA) is 86.6 Å². The first-order valence-corrected chi connectivity index (χ1v) is 5.49. The fourth-order valence-electron chi connectivity index (χ4n) is 0.541. The van der Waals surface area contributed by atoms with Gasteiger partial charge in [0.25, 0.3) is 0 Å². The Morgan fingerprint density at radius 2 is 2.08 bits per heavy atom. The minimum Gasteiger partial charge on any atom is -0.344 e. The summed E-state index contributed by atoms with van der Waals surface area (Å²) in [4.78, 5) is 27.8. The third kappa shape index (κ3) is 5.29. The van der Waals surface area contributed by atoms with Crippen LogP contribution in [0.3, 0.4) is 0 Å². The molecule has 0 radical (unpaired) electrons. The summed E-state index contributed by atoms with van der Waals surface area (Å²) in [7, 11) is -4.10. The maximum atomic E-state index is 11.0. The molecule has 0 aliphatic rings. The molecule has 0 saturated carbocycles. The van der Waals surface area contributed by atoms with Crippen LogP contribution in [0.2, 0.25) is 0 Å². The summed E-state index contributed by atoms with van der Waals surface area (Å²) in [6, 6.07) is 0. The largest absolute Gasteiger partial charge is 0.344 e. The smallest absolute Gasteiger partial charge is 0.344 e. The van der Waals surface area contributed by atoms with Gasteiger partial charge in [-0.05, 0) is 6.42 Å². The molecule has 0 aliphatic carbocycles. The molecule has 0 aromatic carbocycles. The van der Waals surface area contributed by atoms with Gasteiger partial charge < -0.3 is 15.1 Å². The van der Waals surface area contributed by atoms with Crippen molar-refractivity contribution in [3.63, 3.8) is 0 Å². The van der Waals surface area contributed by atoms with Crippen molar-refractivity contribution in [1.82, 2.24) is 5.32 Å². The van der Waals surface area contributed by atoms with E-state index in [1.165, 1.54) is 0 Å². The Balaban J connectivity index is 3.80. The first-order chi connectivity index (χ1) is 5.37. The van der Waals surface area contributed by atoms with E-state index in [1.54, 1.807) is 6.92 Å². The fraction of sp³-hybridized carbons (Fsp3) is 0.833. The minimum atomic E-state index is -4.10. The van der Waals surface area contributed by atoms with Crippen LogP contribution in [0.15, 0.2) is 0 Å². The van der Waals surface area contributed by atoms with E-state index in [0.29, 0.717) is 6.42 Å². The zero-order valence-corrected chi connectivity index (χ0v) is 8.04. The third-order valence-electron chi connectivity index (χ3n) is 1.52. The van der Waals surface area contributed by atoms with Gasteiger partial charge in [0, 0.05) is 5.92 Å². The van der Waals surface area contributed by atoms with Crippen molar-refractivity contribution in [1.29, 1.82) is 0 Å². The van der Waals surface area contributed by atoms with Gasteiger partial charge in [0.1, 0.15) is 6.29 Å². The molecule has 0 spiro atoms. The maximum Gasteiger partial charge on any atom is 0.344 e. The number of hydrogen-bond donors (Lipinski definition) is 3. The van der Waals surface area contributed by atoms with Crippen molar-refractivity contribution >= 4 is 13.5 Å². The van der Waals surface area contributed by atoms with Crippen LogP contribution in [0.1, 0.15) is 20.3 Å². The van der Waals surface area contributed by atoms with Gasteiger partial charge >= 0.3 is 7.60 Å². The average Bonchev–Trinajstić information content (AvgIpc) is 1.97. The highest BCUT2D eigenvalue weighted by Gasteiger charge is 2.16. The molecule has 1 atom stereocenters. The Kier molecular flexibility index (Phi) is 4.45. The number of nitrogens with one attached hydrogen (secondary N) is 1. The molecule has 0 rings (SSSR count). The molecule has 1 unspecified atom stereocenters. The van der Waals surface area contributed by atoms with E-state index >= 15 is 0 Å². The van der Waals surface area contributed by atoms with Gasteiger partial charge in [0.15, 0.2) is 0 Å². The van der Waals surface area contributed by atoms with E-state index in [-0.39, 0.29) is 11.8 Å². The number of hydrogen-bond acceptors (Lipinski definition) is 2. The molecule has 12 heavy (non-hydrogen) atoms. The molecule has 3 N–H and O–H groups in total. The van der Waals surface area contributed by atoms with Crippen LogP contribution < -0.4 is 5.32 Å². The first-order valence-electron chi connectivity index (χ1n) is 3.69. The predicted molar refractivity (Wildman–Crippen MR) is 44.5 cm³/mol. The Bertz CT molecular complexity index is 200. The molecule has 0 aliphatic heterocycles. The fourth-order valence-corrected chi connectivity index (χ4v) is 0.902. The number of carbonyl (C=O) groups excluding carboxylic acids is 1. The molecule has 6 heteroatoms. The summed E-state index contributed by atoms with van der Waals surface area (Å²) in [5, 5.41) is 2.17. The van der Waals surface area contributed by atoms with Crippen LogP contribution >= 0.6 is 7.60 Å².